The molecule has 2 aromatic carbocycles. The van der Waals surface area contributed by atoms with Gasteiger partial charge in [0.05, 0.1) is 6.61 Å². The van der Waals surface area contributed by atoms with Crippen molar-refractivity contribution in [3.63, 3.8) is 0 Å². The second kappa shape index (κ2) is 8.77. The van der Waals surface area contributed by atoms with Gasteiger partial charge in [-0.05, 0) is 37.1 Å². The van der Waals surface area contributed by atoms with Gasteiger partial charge in [-0.15, -0.1) is 11.8 Å². The number of carbonyl (C=O) groups excluding carboxylic acids is 2. The van der Waals surface area contributed by atoms with Gasteiger partial charge in [-0.25, -0.2) is 0 Å². The van der Waals surface area contributed by atoms with Crippen LogP contribution in [-0.2, 0) is 16.1 Å². The van der Waals surface area contributed by atoms with Crippen LogP contribution < -0.4 is 10.6 Å². The molecule has 0 fully saturated rings. The summed E-state index contributed by atoms with van der Waals surface area (Å²) in [7, 11) is 0. The third kappa shape index (κ3) is 5.14. The Morgan fingerprint density at radius 2 is 1.85 bits per heavy atom. The molecule has 0 saturated heterocycles. The van der Waals surface area contributed by atoms with E-state index in [1.165, 1.54) is 5.56 Å². The second-order valence-electron chi connectivity index (χ2n) is 6.35. The predicted molar refractivity (Wildman–Crippen MR) is 109 cm³/mol. The molecule has 0 bridgehead atoms. The lowest BCUT2D eigenvalue weighted by atomic mass is 10.1. The summed E-state index contributed by atoms with van der Waals surface area (Å²) in [6, 6.07) is 13.3. The summed E-state index contributed by atoms with van der Waals surface area (Å²) in [4.78, 5) is 24.8. The van der Waals surface area contributed by atoms with Crippen molar-refractivity contribution in [1.82, 2.24) is 5.32 Å². The van der Waals surface area contributed by atoms with Gasteiger partial charge in [-0.3, -0.25) is 9.59 Å². The lowest BCUT2D eigenvalue weighted by Crippen LogP contribution is -2.23. The molecule has 1 heterocycles. The predicted octanol–water partition coefficient (Wildman–Crippen LogP) is 3.78. The number of hydrogen-bond donors (Lipinski definition) is 2. The first-order valence-corrected chi connectivity index (χ1v) is 9.78. The summed E-state index contributed by atoms with van der Waals surface area (Å²) in [5.41, 5.74) is 4.19. The molecule has 5 nitrogen and oxygen atoms in total. The number of amides is 2. The highest BCUT2D eigenvalue weighted by Crippen LogP contribution is 2.21. The van der Waals surface area contributed by atoms with Crippen molar-refractivity contribution in [2.45, 2.75) is 20.4 Å². The molecular formula is C21H22N2O3S. The van der Waals surface area contributed by atoms with E-state index in [1.54, 1.807) is 29.3 Å². The maximum atomic E-state index is 12.5. The van der Waals surface area contributed by atoms with Crippen LogP contribution >= 0.6 is 11.8 Å². The molecule has 27 heavy (non-hydrogen) atoms. The van der Waals surface area contributed by atoms with Crippen LogP contribution in [0.15, 0.2) is 53.6 Å². The molecule has 0 unspecified atom stereocenters. The van der Waals surface area contributed by atoms with E-state index in [-0.39, 0.29) is 11.8 Å². The third-order valence-corrected chi connectivity index (χ3v) is 4.98. The number of carbonyl (C=O) groups is 2. The number of benzene rings is 2. The van der Waals surface area contributed by atoms with E-state index < -0.39 is 0 Å². The van der Waals surface area contributed by atoms with Crippen LogP contribution in [0, 0.1) is 13.8 Å². The van der Waals surface area contributed by atoms with E-state index in [0.717, 1.165) is 16.9 Å². The molecule has 0 saturated carbocycles. The monoisotopic (exact) mass is 382 g/mol. The molecule has 3 rings (SSSR count). The Bertz CT molecular complexity index is 875. The molecule has 6 heteroatoms. The number of nitrogens with one attached hydrogen (secondary N) is 2. The van der Waals surface area contributed by atoms with Crippen molar-refractivity contribution in [1.29, 1.82) is 0 Å². The fourth-order valence-electron chi connectivity index (χ4n) is 2.56. The maximum Gasteiger partial charge on any atom is 0.291 e. The van der Waals surface area contributed by atoms with E-state index in [1.807, 2.05) is 44.2 Å². The number of aryl methyl sites for hydroxylation is 2. The van der Waals surface area contributed by atoms with Gasteiger partial charge in [-0.2, -0.15) is 0 Å². The van der Waals surface area contributed by atoms with Crippen molar-refractivity contribution in [3.8, 4) is 0 Å². The van der Waals surface area contributed by atoms with Gasteiger partial charge < -0.3 is 15.4 Å². The molecule has 1 aliphatic rings. The van der Waals surface area contributed by atoms with E-state index in [4.69, 9.17) is 4.74 Å². The number of ether oxygens (including phenoxy) is 1. The molecule has 2 N–H and O–H groups in total. The van der Waals surface area contributed by atoms with Crippen LogP contribution in [-0.4, -0.2) is 24.2 Å². The first-order valence-electron chi connectivity index (χ1n) is 8.73. The van der Waals surface area contributed by atoms with Crippen LogP contribution in [0.1, 0.15) is 27.0 Å². The standard InChI is InChI=1S/C21H22N2O3S/c1-14-3-6-16(7-4-14)12-22-20(24)17-8-5-15(2)18(11-17)23-21(25)19-13-27-10-9-26-19/h3-8,11,13H,9-10,12H2,1-2H3,(H,22,24)(H,23,25). The summed E-state index contributed by atoms with van der Waals surface area (Å²) in [5.74, 6) is 0.657. The van der Waals surface area contributed by atoms with E-state index in [9.17, 15) is 9.59 Å². The first kappa shape index (κ1) is 19.0. The zero-order chi connectivity index (χ0) is 19.2. The molecule has 0 spiro atoms. The minimum Gasteiger partial charge on any atom is -0.487 e. The second-order valence-corrected chi connectivity index (χ2v) is 7.33. The van der Waals surface area contributed by atoms with Crippen molar-refractivity contribution in [3.05, 3.63) is 75.9 Å². The lowest BCUT2D eigenvalue weighted by Gasteiger charge is -2.15. The molecular weight excluding hydrogens is 360 g/mol. The van der Waals surface area contributed by atoms with Gasteiger partial charge in [0.2, 0.25) is 0 Å². The van der Waals surface area contributed by atoms with E-state index in [0.29, 0.717) is 30.2 Å². The normalized spacial score (nSPS) is 13.3. The molecule has 0 aliphatic carbocycles. The Kier molecular flexibility index (Phi) is 6.19. The van der Waals surface area contributed by atoms with Crippen LogP contribution in [0.3, 0.4) is 0 Å². The highest BCUT2D eigenvalue weighted by molar-refractivity contribution is 8.02. The minimum atomic E-state index is -0.303. The van der Waals surface area contributed by atoms with Crippen molar-refractivity contribution < 1.29 is 14.3 Å². The van der Waals surface area contributed by atoms with Gasteiger partial charge in [0, 0.05) is 29.0 Å². The van der Waals surface area contributed by atoms with E-state index in [2.05, 4.69) is 10.6 Å². The van der Waals surface area contributed by atoms with Crippen molar-refractivity contribution in [2.24, 2.45) is 0 Å². The van der Waals surface area contributed by atoms with Gasteiger partial charge in [0.15, 0.2) is 5.76 Å². The van der Waals surface area contributed by atoms with Crippen LogP contribution in [0.25, 0.3) is 0 Å². The number of thioether (sulfide) groups is 1. The van der Waals surface area contributed by atoms with Crippen LogP contribution in [0.2, 0.25) is 0 Å². The summed E-state index contributed by atoms with van der Waals surface area (Å²) in [5, 5.41) is 7.45. The number of rotatable bonds is 5. The summed E-state index contributed by atoms with van der Waals surface area (Å²) in [6.45, 7) is 4.88. The topological polar surface area (TPSA) is 67.4 Å². The summed E-state index contributed by atoms with van der Waals surface area (Å²) < 4.78 is 5.37. The lowest BCUT2D eigenvalue weighted by molar-refractivity contribution is -0.116. The Morgan fingerprint density at radius 3 is 2.56 bits per heavy atom. The summed E-state index contributed by atoms with van der Waals surface area (Å²) >= 11 is 1.55. The highest BCUT2D eigenvalue weighted by atomic mass is 32.2. The van der Waals surface area contributed by atoms with Gasteiger partial charge in [-0.1, -0.05) is 35.9 Å². The van der Waals surface area contributed by atoms with Gasteiger partial charge in [0.1, 0.15) is 0 Å². The van der Waals surface area contributed by atoms with Crippen LogP contribution in [0.4, 0.5) is 5.69 Å². The molecule has 140 valence electrons. The minimum absolute atomic E-state index is 0.185. The maximum absolute atomic E-state index is 12.5. The average molecular weight is 382 g/mol. The number of hydrogen-bond acceptors (Lipinski definition) is 4. The van der Waals surface area contributed by atoms with Crippen molar-refractivity contribution >= 4 is 29.3 Å². The third-order valence-electron chi connectivity index (χ3n) is 4.19. The molecule has 2 aromatic rings. The number of anilines is 1. The smallest absolute Gasteiger partial charge is 0.291 e. The fraction of sp³-hybridized carbons (Fsp3) is 0.238. The fourth-order valence-corrected chi connectivity index (χ4v) is 3.18. The Labute approximate surface area is 163 Å². The Hall–Kier alpha value is -2.73. The summed E-state index contributed by atoms with van der Waals surface area (Å²) in [6.07, 6.45) is 0. The van der Waals surface area contributed by atoms with Crippen LogP contribution in [0.5, 0.6) is 0 Å². The van der Waals surface area contributed by atoms with Gasteiger partial charge >= 0.3 is 0 Å². The van der Waals surface area contributed by atoms with Crippen molar-refractivity contribution in [2.75, 3.05) is 17.7 Å². The Morgan fingerprint density at radius 1 is 1.07 bits per heavy atom. The molecule has 0 aromatic heterocycles. The molecule has 0 atom stereocenters. The first-order chi connectivity index (χ1) is 13.0. The molecule has 0 radical (unpaired) electrons. The largest absolute Gasteiger partial charge is 0.487 e. The highest BCUT2D eigenvalue weighted by Gasteiger charge is 2.16. The average Bonchev–Trinajstić information content (AvgIpc) is 2.69. The van der Waals surface area contributed by atoms with Gasteiger partial charge in [0.25, 0.3) is 11.8 Å². The zero-order valence-corrected chi connectivity index (χ0v) is 16.2. The zero-order valence-electron chi connectivity index (χ0n) is 15.4. The SMILES string of the molecule is Cc1ccc(CNC(=O)c2ccc(C)c(NC(=O)C3=CSCCO3)c2)cc1. The van der Waals surface area contributed by atoms with E-state index >= 15 is 0 Å². The molecule has 1 aliphatic heterocycles. The Balaban J connectivity index is 1.66. The molecule has 2 amide bonds. The quantitative estimate of drug-likeness (QED) is 0.826.